The molecule has 3 rings (SSSR count). The molecule has 2 N–H and O–H groups in total. The zero-order valence-electron chi connectivity index (χ0n) is 11.3. The van der Waals surface area contributed by atoms with Crippen molar-refractivity contribution in [3.8, 4) is 0 Å². The standard InChI is InChI=1S/C16H20N2O/c1-18(10-16(9-17)11-19-12-16)15-7-6-13-4-2-3-5-14(13)8-15/h2-8H,9-12,17H2,1H3. The first-order valence-electron chi connectivity index (χ1n) is 6.70. The van der Waals surface area contributed by atoms with E-state index in [4.69, 9.17) is 10.5 Å². The van der Waals surface area contributed by atoms with Gasteiger partial charge in [0.1, 0.15) is 0 Å². The maximum Gasteiger partial charge on any atom is 0.0574 e. The van der Waals surface area contributed by atoms with Crippen molar-refractivity contribution in [3.05, 3.63) is 42.5 Å². The molecule has 0 bridgehead atoms. The molecule has 2 aromatic carbocycles. The first-order chi connectivity index (χ1) is 9.22. The first-order valence-corrected chi connectivity index (χ1v) is 6.70. The van der Waals surface area contributed by atoms with E-state index in [2.05, 4.69) is 54.4 Å². The van der Waals surface area contributed by atoms with E-state index in [1.807, 2.05) is 0 Å². The Morgan fingerprint density at radius 2 is 1.89 bits per heavy atom. The van der Waals surface area contributed by atoms with Gasteiger partial charge in [-0.2, -0.15) is 0 Å². The van der Waals surface area contributed by atoms with Crippen LogP contribution in [0.5, 0.6) is 0 Å². The summed E-state index contributed by atoms with van der Waals surface area (Å²) in [6, 6.07) is 15.0. The quantitative estimate of drug-likeness (QED) is 0.912. The molecule has 19 heavy (non-hydrogen) atoms. The third kappa shape index (κ3) is 2.31. The lowest BCUT2D eigenvalue weighted by molar-refractivity contribution is -0.101. The number of fused-ring (bicyclic) bond motifs is 1. The summed E-state index contributed by atoms with van der Waals surface area (Å²) in [5.41, 5.74) is 7.25. The number of anilines is 1. The average molecular weight is 256 g/mol. The number of benzene rings is 2. The van der Waals surface area contributed by atoms with Crippen molar-refractivity contribution in [2.75, 3.05) is 38.3 Å². The van der Waals surface area contributed by atoms with E-state index >= 15 is 0 Å². The van der Waals surface area contributed by atoms with Crippen LogP contribution in [0.15, 0.2) is 42.5 Å². The number of nitrogens with two attached hydrogens (primary N) is 1. The minimum atomic E-state index is 0.139. The SMILES string of the molecule is CN(CC1(CN)COC1)c1ccc2ccccc2c1. The summed E-state index contributed by atoms with van der Waals surface area (Å²) in [6.45, 7) is 3.19. The molecule has 2 aromatic rings. The third-order valence-corrected chi connectivity index (χ3v) is 4.00. The van der Waals surface area contributed by atoms with Gasteiger partial charge in [0, 0.05) is 31.2 Å². The Morgan fingerprint density at radius 3 is 2.53 bits per heavy atom. The van der Waals surface area contributed by atoms with Crippen LogP contribution in [0.25, 0.3) is 10.8 Å². The van der Waals surface area contributed by atoms with E-state index in [-0.39, 0.29) is 5.41 Å². The highest BCUT2D eigenvalue weighted by Crippen LogP contribution is 2.29. The minimum absolute atomic E-state index is 0.139. The lowest BCUT2D eigenvalue weighted by atomic mass is 9.85. The molecule has 0 spiro atoms. The normalized spacial score (nSPS) is 17.2. The molecule has 1 aliphatic heterocycles. The summed E-state index contributed by atoms with van der Waals surface area (Å²) in [5.74, 6) is 0. The summed E-state index contributed by atoms with van der Waals surface area (Å²) in [4.78, 5) is 2.28. The van der Waals surface area contributed by atoms with Crippen LogP contribution in [-0.2, 0) is 4.74 Å². The first kappa shape index (κ1) is 12.5. The van der Waals surface area contributed by atoms with Crippen molar-refractivity contribution in [1.29, 1.82) is 0 Å². The van der Waals surface area contributed by atoms with Gasteiger partial charge < -0.3 is 15.4 Å². The number of nitrogens with zero attached hydrogens (tertiary/aromatic N) is 1. The summed E-state index contributed by atoms with van der Waals surface area (Å²) in [7, 11) is 2.12. The average Bonchev–Trinajstić information content (AvgIpc) is 2.42. The van der Waals surface area contributed by atoms with E-state index < -0.39 is 0 Å². The third-order valence-electron chi connectivity index (χ3n) is 4.00. The Hall–Kier alpha value is -1.58. The molecule has 0 saturated carbocycles. The second-order valence-electron chi connectivity index (χ2n) is 5.58. The van der Waals surface area contributed by atoms with Crippen molar-refractivity contribution in [3.63, 3.8) is 0 Å². The van der Waals surface area contributed by atoms with Crippen LogP contribution in [-0.4, -0.2) is 33.4 Å². The highest BCUT2D eigenvalue weighted by molar-refractivity contribution is 5.85. The van der Waals surface area contributed by atoms with Gasteiger partial charge in [0.15, 0.2) is 0 Å². The van der Waals surface area contributed by atoms with Crippen LogP contribution in [0, 0.1) is 5.41 Å². The van der Waals surface area contributed by atoms with Crippen LogP contribution in [0.2, 0.25) is 0 Å². The molecule has 1 saturated heterocycles. The fourth-order valence-corrected chi connectivity index (χ4v) is 2.67. The van der Waals surface area contributed by atoms with Crippen molar-refractivity contribution in [1.82, 2.24) is 0 Å². The molecule has 0 amide bonds. The second kappa shape index (κ2) is 4.83. The van der Waals surface area contributed by atoms with Gasteiger partial charge in [-0.15, -0.1) is 0 Å². The summed E-state index contributed by atoms with van der Waals surface area (Å²) < 4.78 is 5.33. The second-order valence-corrected chi connectivity index (χ2v) is 5.58. The molecule has 0 aliphatic carbocycles. The van der Waals surface area contributed by atoms with Gasteiger partial charge >= 0.3 is 0 Å². The van der Waals surface area contributed by atoms with Gasteiger partial charge in [0.2, 0.25) is 0 Å². The fourth-order valence-electron chi connectivity index (χ4n) is 2.67. The van der Waals surface area contributed by atoms with E-state index in [1.165, 1.54) is 16.5 Å². The number of rotatable bonds is 4. The van der Waals surface area contributed by atoms with Gasteiger partial charge in [-0.25, -0.2) is 0 Å². The Balaban J connectivity index is 1.83. The zero-order valence-corrected chi connectivity index (χ0v) is 11.3. The van der Waals surface area contributed by atoms with Crippen molar-refractivity contribution in [2.24, 2.45) is 11.1 Å². The molecule has 1 fully saturated rings. The van der Waals surface area contributed by atoms with Crippen molar-refractivity contribution >= 4 is 16.5 Å². The Kier molecular flexibility index (Phi) is 3.17. The van der Waals surface area contributed by atoms with Crippen LogP contribution in [0.4, 0.5) is 5.69 Å². The molecule has 3 heteroatoms. The van der Waals surface area contributed by atoms with Crippen LogP contribution >= 0.6 is 0 Å². The molecule has 1 heterocycles. The number of hydrogen-bond acceptors (Lipinski definition) is 3. The predicted octanol–water partition coefficient (Wildman–Crippen LogP) is 2.25. The Bertz CT molecular complexity index is 572. The molecule has 3 nitrogen and oxygen atoms in total. The topological polar surface area (TPSA) is 38.5 Å². The zero-order chi connectivity index (χ0) is 13.3. The molecule has 0 atom stereocenters. The lowest BCUT2D eigenvalue weighted by Gasteiger charge is -2.43. The monoisotopic (exact) mass is 256 g/mol. The fraction of sp³-hybridized carbons (Fsp3) is 0.375. The number of ether oxygens (including phenoxy) is 1. The predicted molar refractivity (Wildman–Crippen MR) is 79.5 cm³/mol. The number of hydrogen-bond donors (Lipinski definition) is 1. The van der Waals surface area contributed by atoms with Crippen LogP contribution in [0.3, 0.4) is 0 Å². The van der Waals surface area contributed by atoms with Gasteiger partial charge in [-0.3, -0.25) is 0 Å². The molecular weight excluding hydrogens is 236 g/mol. The van der Waals surface area contributed by atoms with Gasteiger partial charge in [-0.1, -0.05) is 30.3 Å². The molecule has 0 unspecified atom stereocenters. The highest BCUT2D eigenvalue weighted by atomic mass is 16.5. The van der Waals surface area contributed by atoms with Gasteiger partial charge in [-0.05, 0) is 22.9 Å². The van der Waals surface area contributed by atoms with E-state index in [1.54, 1.807) is 0 Å². The molecule has 100 valence electrons. The molecule has 1 aliphatic rings. The minimum Gasteiger partial charge on any atom is -0.380 e. The molecular formula is C16H20N2O. The lowest BCUT2D eigenvalue weighted by Crippen LogP contribution is -2.54. The summed E-state index contributed by atoms with van der Waals surface area (Å²) in [6.07, 6.45) is 0. The summed E-state index contributed by atoms with van der Waals surface area (Å²) >= 11 is 0. The van der Waals surface area contributed by atoms with Crippen molar-refractivity contribution in [2.45, 2.75) is 0 Å². The summed E-state index contributed by atoms with van der Waals surface area (Å²) in [5, 5.41) is 2.55. The Morgan fingerprint density at radius 1 is 1.16 bits per heavy atom. The van der Waals surface area contributed by atoms with Crippen molar-refractivity contribution < 1.29 is 4.74 Å². The van der Waals surface area contributed by atoms with Crippen LogP contribution < -0.4 is 10.6 Å². The maximum atomic E-state index is 5.88. The van der Waals surface area contributed by atoms with Crippen LogP contribution in [0.1, 0.15) is 0 Å². The van der Waals surface area contributed by atoms with E-state index in [0.717, 1.165) is 19.8 Å². The molecule has 0 aromatic heterocycles. The largest absolute Gasteiger partial charge is 0.380 e. The van der Waals surface area contributed by atoms with Gasteiger partial charge in [0.25, 0.3) is 0 Å². The van der Waals surface area contributed by atoms with Gasteiger partial charge in [0.05, 0.1) is 13.2 Å². The molecule has 0 radical (unpaired) electrons. The maximum absolute atomic E-state index is 5.88. The van der Waals surface area contributed by atoms with E-state index in [0.29, 0.717) is 6.54 Å². The van der Waals surface area contributed by atoms with E-state index in [9.17, 15) is 0 Å². The highest BCUT2D eigenvalue weighted by Gasteiger charge is 2.38. The Labute approximate surface area is 114 Å². The smallest absolute Gasteiger partial charge is 0.0574 e.